The smallest absolute Gasteiger partial charge is 0.270 e. The second-order valence-corrected chi connectivity index (χ2v) is 10.3. The zero-order valence-corrected chi connectivity index (χ0v) is 20.0. The van der Waals surface area contributed by atoms with Crippen LogP contribution in [-0.4, -0.2) is 78.5 Å². The summed E-state index contributed by atoms with van der Waals surface area (Å²) in [4.78, 5) is 41.1. The van der Waals surface area contributed by atoms with Crippen LogP contribution in [-0.2, 0) is 11.3 Å². The van der Waals surface area contributed by atoms with Gasteiger partial charge in [0.2, 0.25) is 5.88 Å². The third-order valence-corrected chi connectivity index (χ3v) is 6.05. The third-order valence-electron chi connectivity index (χ3n) is 6.05. The van der Waals surface area contributed by atoms with Gasteiger partial charge in [-0.3, -0.25) is 24.0 Å². The van der Waals surface area contributed by atoms with Gasteiger partial charge in [0.25, 0.3) is 17.4 Å². The number of aromatic hydroxyl groups is 1. The van der Waals surface area contributed by atoms with Crippen molar-refractivity contribution in [2.24, 2.45) is 5.41 Å². The fourth-order valence-corrected chi connectivity index (χ4v) is 4.17. The molecule has 0 unspecified atom stereocenters. The number of hydrogen-bond acceptors (Lipinski definition) is 7. The molecule has 4 heterocycles. The number of amides is 2. The number of carbonyl (C=O) groups excluding carboxylic acids is 2. The van der Waals surface area contributed by atoms with E-state index >= 15 is 0 Å². The number of nitrogens with zero attached hydrogens (tertiary/aromatic N) is 5. The maximum Gasteiger partial charge on any atom is 0.270 e. The molecule has 0 radical (unpaired) electrons. The minimum Gasteiger partial charge on any atom is -0.492 e. The van der Waals surface area contributed by atoms with E-state index < -0.39 is 17.3 Å². The molecule has 1 aliphatic carbocycles. The molecule has 186 valence electrons. The third kappa shape index (κ3) is 4.41. The Morgan fingerprint density at radius 1 is 1.26 bits per heavy atom. The first-order valence-corrected chi connectivity index (χ1v) is 11.7. The van der Waals surface area contributed by atoms with Crippen molar-refractivity contribution >= 4 is 17.5 Å². The molecular formula is C23H29N7O5. The fraction of sp³-hybridized carbons (Fsp3) is 0.522. The molecule has 1 saturated heterocycles. The van der Waals surface area contributed by atoms with Crippen LogP contribution in [0.4, 0.5) is 0 Å². The molecule has 0 atom stereocenters. The summed E-state index contributed by atoms with van der Waals surface area (Å²) in [6.45, 7) is 8.07. The number of H-pyrrole nitrogens is 1. The second-order valence-electron chi connectivity index (χ2n) is 10.3. The van der Waals surface area contributed by atoms with Crippen molar-refractivity contribution in [2.45, 2.75) is 46.2 Å². The van der Waals surface area contributed by atoms with Gasteiger partial charge in [-0.2, -0.15) is 14.7 Å². The summed E-state index contributed by atoms with van der Waals surface area (Å²) < 4.78 is 7.95. The van der Waals surface area contributed by atoms with E-state index in [-0.39, 0.29) is 29.5 Å². The summed E-state index contributed by atoms with van der Waals surface area (Å²) in [7, 11) is 0. The molecule has 12 heteroatoms. The second kappa shape index (κ2) is 8.52. The molecule has 3 aromatic heterocycles. The molecule has 35 heavy (non-hydrogen) atoms. The van der Waals surface area contributed by atoms with Crippen LogP contribution in [0.15, 0.2) is 17.1 Å². The molecule has 0 bridgehead atoms. The maximum absolute atomic E-state index is 13.4. The highest BCUT2D eigenvalue weighted by molar-refractivity contribution is 6.00. The fourth-order valence-electron chi connectivity index (χ4n) is 4.17. The Morgan fingerprint density at radius 3 is 2.63 bits per heavy atom. The molecule has 12 nitrogen and oxygen atoms in total. The monoisotopic (exact) mass is 483 g/mol. The number of rotatable bonds is 5. The molecule has 0 spiro atoms. The number of carbonyl (C=O) groups is 2. The Labute approximate surface area is 200 Å². The van der Waals surface area contributed by atoms with Crippen LogP contribution in [0.1, 0.15) is 54.3 Å². The summed E-state index contributed by atoms with van der Waals surface area (Å²) in [5.41, 5.74) is 0.0633. The van der Waals surface area contributed by atoms with Gasteiger partial charge in [0, 0.05) is 31.7 Å². The summed E-state index contributed by atoms with van der Waals surface area (Å²) in [6.07, 6.45) is 3.13. The number of fused-ring (bicyclic) bond motifs is 1. The number of aromatic amines is 1. The predicted octanol–water partition coefficient (Wildman–Crippen LogP) is 1.00. The van der Waals surface area contributed by atoms with Crippen LogP contribution >= 0.6 is 0 Å². The van der Waals surface area contributed by atoms with Gasteiger partial charge in [-0.25, -0.2) is 0 Å². The van der Waals surface area contributed by atoms with Gasteiger partial charge >= 0.3 is 0 Å². The van der Waals surface area contributed by atoms with Gasteiger partial charge < -0.3 is 20.1 Å². The quantitative estimate of drug-likeness (QED) is 0.491. The molecule has 2 amide bonds. The predicted molar refractivity (Wildman–Crippen MR) is 125 cm³/mol. The van der Waals surface area contributed by atoms with Gasteiger partial charge in [0.1, 0.15) is 11.3 Å². The van der Waals surface area contributed by atoms with Crippen LogP contribution in [0.3, 0.4) is 0 Å². The molecule has 2 fully saturated rings. The first-order valence-electron chi connectivity index (χ1n) is 11.7. The lowest BCUT2D eigenvalue weighted by Gasteiger charge is -2.26. The highest BCUT2D eigenvalue weighted by Gasteiger charge is 2.31. The standard InChI is InChI=1S/C23H29N7O5/c1-23(2,3)12-29-16-10-15(18-14(11-24-26-18)20(32)28-6-8-35-9-7-28)27-30(16)22(34)17(21(29)33)19(31)25-13-4-5-13/h10-11,13,34H,4-9,12H2,1-3H3,(H,24,26)(H,25,31). The van der Waals surface area contributed by atoms with Crippen LogP contribution in [0.5, 0.6) is 5.88 Å². The highest BCUT2D eigenvalue weighted by atomic mass is 16.5. The van der Waals surface area contributed by atoms with E-state index in [2.05, 4.69) is 20.6 Å². The van der Waals surface area contributed by atoms with Crippen LogP contribution in [0.2, 0.25) is 0 Å². The summed E-state index contributed by atoms with van der Waals surface area (Å²) in [5, 5.41) is 25.1. The van der Waals surface area contributed by atoms with Crippen LogP contribution < -0.4 is 10.9 Å². The Morgan fingerprint density at radius 2 is 1.97 bits per heavy atom. The summed E-state index contributed by atoms with van der Waals surface area (Å²) in [6, 6.07) is 1.62. The first kappa shape index (κ1) is 23.1. The number of nitrogens with one attached hydrogen (secondary N) is 2. The molecule has 3 N–H and O–H groups in total. The topological polar surface area (TPSA) is 147 Å². The Kier molecular flexibility index (Phi) is 5.62. The normalized spacial score (nSPS) is 16.6. The molecule has 2 aliphatic rings. The summed E-state index contributed by atoms with van der Waals surface area (Å²) in [5.74, 6) is -1.38. The SMILES string of the molecule is CC(C)(C)Cn1c(=O)c(C(=O)NC2CC2)c(O)n2nc(-c3[nH]ncc3C(=O)N3CCOCC3)cc12. The van der Waals surface area contributed by atoms with Crippen molar-refractivity contribution in [1.29, 1.82) is 0 Å². The average molecular weight is 484 g/mol. The Bertz CT molecular complexity index is 1350. The number of hydrogen-bond donors (Lipinski definition) is 3. The van der Waals surface area contributed by atoms with Crippen molar-refractivity contribution in [2.75, 3.05) is 26.3 Å². The minimum atomic E-state index is -0.624. The lowest BCUT2D eigenvalue weighted by Crippen LogP contribution is -2.40. The zero-order valence-electron chi connectivity index (χ0n) is 20.0. The molecule has 0 aromatic carbocycles. The largest absolute Gasteiger partial charge is 0.492 e. The van der Waals surface area contributed by atoms with Gasteiger partial charge in [-0.15, -0.1) is 0 Å². The maximum atomic E-state index is 13.4. The zero-order chi connectivity index (χ0) is 24.9. The van der Waals surface area contributed by atoms with E-state index in [1.54, 1.807) is 11.0 Å². The van der Waals surface area contributed by atoms with E-state index in [1.807, 2.05) is 20.8 Å². The summed E-state index contributed by atoms with van der Waals surface area (Å²) >= 11 is 0. The molecular weight excluding hydrogens is 454 g/mol. The lowest BCUT2D eigenvalue weighted by molar-refractivity contribution is 0.0303. The van der Waals surface area contributed by atoms with Crippen molar-refractivity contribution < 1.29 is 19.4 Å². The van der Waals surface area contributed by atoms with Crippen molar-refractivity contribution in [3.05, 3.63) is 33.7 Å². The Balaban J connectivity index is 1.63. The first-order chi connectivity index (χ1) is 16.6. The van der Waals surface area contributed by atoms with Gasteiger partial charge in [-0.1, -0.05) is 20.8 Å². The molecule has 1 aliphatic heterocycles. The van der Waals surface area contributed by atoms with Crippen molar-refractivity contribution in [1.82, 2.24) is 34.6 Å². The number of morpholine rings is 1. The van der Waals surface area contributed by atoms with Gasteiger partial charge in [0.15, 0.2) is 5.56 Å². The van der Waals surface area contributed by atoms with Gasteiger partial charge in [-0.05, 0) is 18.3 Å². The van der Waals surface area contributed by atoms with E-state index in [0.29, 0.717) is 48.9 Å². The van der Waals surface area contributed by atoms with Crippen LogP contribution in [0, 0.1) is 5.41 Å². The van der Waals surface area contributed by atoms with E-state index in [9.17, 15) is 19.5 Å². The molecule has 5 rings (SSSR count). The molecule has 3 aromatic rings. The average Bonchev–Trinajstić information content (AvgIpc) is 3.31. The number of ether oxygens (including phenoxy) is 1. The molecule has 1 saturated carbocycles. The van der Waals surface area contributed by atoms with Crippen molar-refractivity contribution in [3.8, 4) is 17.3 Å². The van der Waals surface area contributed by atoms with Crippen molar-refractivity contribution in [3.63, 3.8) is 0 Å². The van der Waals surface area contributed by atoms with E-state index in [0.717, 1.165) is 12.8 Å². The van der Waals surface area contributed by atoms with E-state index in [1.165, 1.54) is 15.3 Å². The lowest BCUT2D eigenvalue weighted by atomic mass is 9.97. The number of aromatic nitrogens is 5. The van der Waals surface area contributed by atoms with Crippen LogP contribution in [0.25, 0.3) is 17.0 Å². The highest BCUT2D eigenvalue weighted by Crippen LogP contribution is 2.28. The van der Waals surface area contributed by atoms with E-state index in [4.69, 9.17) is 4.74 Å². The minimum absolute atomic E-state index is 0.0139. The Hall–Kier alpha value is -3.67. The van der Waals surface area contributed by atoms with Gasteiger partial charge in [0.05, 0.1) is 30.7 Å².